The molecule has 13 rings (SSSR count). The van der Waals surface area contributed by atoms with Crippen molar-refractivity contribution in [2.75, 3.05) is 176 Å². The van der Waals surface area contributed by atoms with Gasteiger partial charge in [-0.2, -0.15) is 0 Å². The fourth-order valence-electron chi connectivity index (χ4n) is 13.1. The van der Waals surface area contributed by atoms with E-state index in [0.717, 1.165) is 141 Å². The molecule has 5 aromatic heterocycles. The largest absolute Gasteiger partial charge is 0.447 e. The Hall–Kier alpha value is -8.13. The van der Waals surface area contributed by atoms with Gasteiger partial charge in [0.25, 0.3) is 0 Å². The van der Waals surface area contributed by atoms with E-state index < -0.39 is 9.84 Å². The molecule has 8 saturated heterocycles. The zero-order valence-corrected chi connectivity index (χ0v) is 51.6. The molecule has 0 aromatic carbocycles. The summed E-state index contributed by atoms with van der Waals surface area (Å²) in [6.07, 6.45) is 22.7. The maximum absolute atomic E-state index is 12.3. The van der Waals surface area contributed by atoms with Crippen LogP contribution < -0.4 is 53.2 Å². The fraction of sp³-hybridized carbons (Fsp3) is 0.556. The molecule has 25 nitrogen and oxygen atoms in total. The average molecular weight is 1250 g/mol. The van der Waals surface area contributed by atoms with Gasteiger partial charge in [-0.15, -0.1) is 0 Å². The third-order valence-corrected chi connectivity index (χ3v) is 19.0. The van der Waals surface area contributed by atoms with Crippen LogP contribution in [0.5, 0.6) is 0 Å². The molecule has 0 aliphatic carbocycles. The molecular weight excluding hydrogens is 1150 g/mol. The maximum atomic E-state index is 12.3. The Bertz CT molecular complexity index is 3220. The lowest BCUT2D eigenvalue weighted by Crippen LogP contribution is -2.64. The number of piperazine rings is 4. The van der Waals surface area contributed by atoms with Gasteiger partial charge in [0.2, 0.25) is 11.8 Å². The maximum Gasteiger partial charge on any atom is 0.410 e. The lowest BCUT2D eigenvalue weighted by atomic mass is 9.98. The van der Waals surface area contributed by atoms with Crippen molar-refractivity contribution in [3.05, 3.63) is 89.8 Å². The monoisotopic (exact) mass is 1250 g/mol. The Balaban J connectivity index is 0.000000177. The van der Waals surface area contributed by atoms with E-state index in [9.17, 15) is 22.8 Å². The molecule has 3 atom stereocenters. The number of pyridine rings is 5. The van der Waals surface area contributed by atoms with Gasteiger partial charge in [0, 0.05) is 149 Å². The van der Waals surface area contributed by atoms with E-state index in [2.05, 4.69) is 56.3 Å². The van der Waals surface area contributed by atoms with E-state index in [0.29, 0.717) is 68.2 Å². The summed E-state index contributed by atoms with van der Waals surface area (Å²) in [5.74, 6) is 0.934. The van der Waals surface area contributed by atoms with Crippen molar-refractivity contribution in [1.82, 2.24) is 44.5 Å². The van der Waals surface area contributed by atoms with Gasteiger partial charge in [-0.25, -0.2) is 13.2 Å². The number of fused-ring (bicyclic) bond motifs is 3. The minimum atomic E-state index is -2.85. The molecule has 8 aliphatic rings. The zero-order chi connectivity index (χ0) is 61.4. The number of cyclic esters (lactones) is 1. The van der Waals surface area contributed by atoms with Crippen molar-refractivity contribution in [2.45, 2.75) is 107 Å². The number of likely N-dealkylation sites (N-methyl/N-ethyl adjacent to an activating group) is 1. The number of nitrogen functional groups attached to an aromatic ring is 5. The molecule has 0 radical (unpaired) electrons. The van der Waals surface area contributed by atoms with Crippen molar-refractivity contribution in [1.29, 1.82) is 0 Å². The summed E-state index contributed by atoms with van der Waals surface area (Å²) in [6, 6.07) is 0.439. The van der Waals surface area contributed by atoms with E-state index in [1.807, 2.05) is 74.2 Å². The van der Waals surface area contributed by atoms with E-state index in [4.69, 9.17) is 33.4 Å². The standard InChI is InChI=1S/C14H21N5O.C14H20N4O.C12H16N4O2.C10H15N3O2S.C10H15N3.3CH4/c1-10-7-16-8-11(15)13(10)19-6-5-18-4-3-17(2)14(20)12(18)9-19;1-10-7-16-8-12(15)14(10)17-5-6-18-11(9-17)3-2-4-13(18)19;1-8-4-14-5-10(13)11(8)15-2-3-16-9(6-15)7-18-12(16)17;1-8-6-12-7-9(11)10(8)13-2-4-16(14,15)5-3-13;1-8-6-12-7-9(11)10(8)13-4-2-3-5-13;;;/h7-8,12H,3-6,9,15H2,1-2H3;7-8,11H,2-6,9,15H2,1H3;4-5,9H,2-3,6-7,13H2,1H3;6-7H,2-5,11H2,1H3;6-7H,2-5,11H2,1H3;3*1H4/t;;9-;;;;;/m..1...../s1. The van der Waals surface area contributed by atoms with Gasteiger partial charge in [0.05, 0.1) is 105 Å². The summed E-state index contributed by atoms with van der Waals surface area (Å²) in [7, 11) is -0.968. The number of aromatic nitrogens is 5. The Kier molecular flexibility index (Phi) is 24.3. The normalized spacial score (nSPS) is 21.0. The Morgan fingerprint density at radius 1 is 0.449 bits per heavy atom. The number of nitrogens with two attached hydrogens (primary N) is 5. The highest BCUT2D eigenvalue weighted by Crippen LogP contribution is 2.34. The molecule has 2 unspecified atom stereocenters. The number of nitrogens with zero attached hydrogens (tertiary/aromatic N) is 14. The number of carbonyl (C=O) groups is 3. The summed E-state index contributed by atoms with van der Waals surface area (Å²) in [4.78, 5) is 75.1. The fourth-order valence-corrected chi connectivity index (χ4v) is 14.3. The molecule has 26 heteroatoms. The summed E-state index contributed by atoms with van der Waals surface area (Å²) >= 11 is 0. The highest BCUT2D eigenvalue weighted by atomic mass is 32.2. The van der Waals surface area contributed by atoms with Crippen LogP contribution in [0.2, 0.25) is 0 Å². The lowest BCUT2D eigenvalue weighted by molar-refractivity contribution is -0.140. The molecule has 8 aliphatic heterocycles. The van der Waals surface area contributed by atoms with Crippen molar-refractivity contribution in [3.63, 3.8) is 0 Å². The van der Waals surface area contributed by atoms with Gasteiger partial charge in [-0.3, -0.25) is 44.3 Å². The van der Waals surface area contributed by atoms with Crippen molar-refractivity contribution in [3.8, 4) is 0 Å². The van der Waals surface area contributed by atoms with Gasteiger partial charge < -0.3 is 67.7 Å². The van der Waals surface area contributed by atoms with Crippen LogP contribution in [0.1, 0.15) is 82.2 Å². The SMILES string of the molecule is C.C.C.Cc1cncc(N)c1N1CCCC1.Cc1cncc(N)c1N1CCN2C(=O)CCCC2C1.Cc1cncc(N)c1N1CCN2C(=O)OC[C@H]2C1.Cc1cncc(N)c1N1CCN2CCN(C)C(=O)C2C1.Cc1cncc(N)c1N1CCS(=O)(=O)CC1. The van der Waals surface area contributed by atoms with Crippen LogP contribution in [0.15, 0.2) is 62.0 Å². The highest BCUT2D eigenvalue weighted by Gasteiger charge is 2.40. The van der Waals surface area contributed by atoms with Crippen LogP contribution in [0.4, 0.5) is 61.7 Å². The molecule has 13 heterocycles. The van der Waals surface area contributed by atoms with Gasteiger partial charge >= 0.3 is 6.09 Å². The lowest BCUT2D eigenvalue weighted by Gasteiger charge is -2.46. The van der Waals surface area contributed by atoms with Crippen LogP contribution in [-0.4, -0.2) is 212 Å². The van der Waals surface area contributed by atoms with Crippen LogP contribution in [-0.2, 0) is 24.2 Å². The second kappa shape index (κ2) is 30.9. The number of amides is 3. The number of hydrogen-bond donors (Lipinski definition) is 5. The molecule has 0 saturated carbocycles. The zero-order valence-electron chi connectivity index (χ0n) is 50.8. The molecule has 3 amide bonds. The van der Waals surface area contributed by atoms with Crippen molar-refractivity contribution in [2.24, 2.45) is 0 Å². The summed E-state index contributed by atoms with van der Waals surface area (Å²) in [6.45, 7) is 22.9. The Morgan fingerprint density at radius 3 is 1.28 bits per heavy atom. The Morgan fingerprint density at radius 2 is 0.831 bits per heavy atom. The van der Waals surface area contributed by atoms with E-state index in [1.165, 1.54) is 24.1 Å². The molecule has 89 heavy (non-hydrogen) atoms. The topological polar surface area (TPSA) is 318 Å². The van der Waals surface area contributed by atoms with Crippen LogP contribution >= 0.6 is 0 Å². The van der Waals surface area contributed by atoms with E-state index in [-0.39, 0.29) is 57.9 Å². The van der Waals surface area contributed by atoms with Crippen molar-refractivity contribution < 1.29 is 27.5 Å². The number of carbonyl (C=O) groups excluding carboxylic acids is 3. The first-order valence-corrected chi connectivity index (χ1v) is 31.7. The number of ether oxygens (including phenoxy) is 1. The Labute approximate surface area is 527 Å². The summed E-state index contributed by atoms with van der Waals surface area (Å²) < 4.78 is 27.7. The first kappa shape index (κ1) is 70.0. The first-order chi connectivity index (χ1) is 41.2. The van der Waals surface area contributed by atoms with Gasteiger partial charge in [-0.1, -0.05) is 22.3 Å². The molecule has 8 fully saturated rings. The number of aryl methyl sites for hydroxylation is 5. The highest BCUT2D eigenvalue weighted by molar-refractivity contribution is 7.91. The number of anilines is 10. The second-order valence-corrected chi connectivity index (χ2v) is 25.8. The molecule has 5 aromatic rings. The first-order valence-electron chi connectivity index (χ1n) is 29.9. The number of sulfone groups is 1. The van der Waals surface area contributed by atoms with E-state index >= 15 is 0 Å². The molecule has 488 valence electrons. The minimum Gasteiger partial charge on any atom is -0.447 e. The van der Waals surface area contributed by atoms with Gasteiger partial charge in [0.1, 0.15) is 12.6 Å². The molecular formula is C63H99N19O6S. The number of rotatable bonds is 5. The third-order valence-electron chi connectivity index (χ3n) is 17.4. The van der Waals surface area contributed by atoms with E-state index in [1.54, 1.807) is 42.1 Å². The van der Waals surface area contributed by atoms with Crippen molar-refractivity contribution >= 4 is 84.6 Å². The number of hydrogen-bond acceptors (Lipinski definition) is 22. The molecule has 0 bridgehead atoms. The number of piperidine rings is 1. The predicted octanol–water partition coefficient (Wildman–Crippen LogP) is 5.41. The van der Waals surface area contributed by atoms with Gasteiger partial charge in [0.15, 0.2) is 9.84 Å². The quantitative estimate of drug-likeness (QED) is 0.147. The van der Waals surface area contributed by atoms with Crippen LogP contribution in [0.25, 0.3) is 0 Å². The molecule has 0 spiro atoms. The molecule has 10 N–H and O–H groups in total. The summed E-state index contributed by atoms with van der Waals surface area (Å²) in [5.41, 5.74) is 44.1. The van der Waals surface area contributed by atoms with Crippen LogP contribution in [0, 0.1) is 34.6 Å². The smallest absolute Gasteiger partial charge is 0.410 e. The second-order valence-electron chi connectivity index (χ2n) is 23.5. The predicted molar refractivity (Wildman–Crippen MR) is 360 cm³/mol. The van der Waals surface area contributed by atoms with Gasteiger partial charge in [-0.05, 0) is 88.1 Å². The summed E-state index contributed by atoms with van der Waals surface area (Å²) in [5, 5.41) is 0. The average Bonchev–Trinajstić information content (AvgIpc) is 2.25. The minimum absolute atomic E-state index is 0. The third kappa shape index (κ3) is 16.4. The van der Waals surface area contributed by atoms with Crippen LogP contribution in [0.3, 0.4) is 0 Å².